The second-order valence-electron chi connectivity index (χ2n) is 14.0. The summed E-state index contributed by atoms with van der Waals surface area (Å²) in [6.45, 7) is 6.31. The Morgan fingerprint density at radius 3 is 0.923 bits per heavy atom. The van der Waals surface area contributed by atoms with Crippen molar-refractivity contribution in [1.82, 2.24) is 0 Å². The van der Waals surface area contributed by atoms with E-state index in [1.54, 1.807) is 5.79 Å². The third-order valence-electron chi connectivity index (χ3n) is 7.67. The molecule has 230 valence electrons. The molecule has 0 radical (unpaired) electrons. The average molecular weight is 778 g/mol. The van der Waals surface area contributed by atoms with Crippen molar-refractivity contribution in [2.75, 3.05) is 13.2 Å². The van der Waals surface area contributed by atoms with Gasteiger partial charge in [-0.05, 0) is 0 Å². The first-order chi connectivity index (χ1) is 18.6. The number of thiophene rings is 1. The molecule has 0 fully saturated rings. The Kier molecular flexibility index (Phi) is 21.8. The van der Waals surface area contributed by atoms with Crippen LogP contribution in [0.25, 0.3) is 0 Å². The van der Waals surface area contributed by atoms with Crippen LogP contribution in [0, 0.1) is 0 Å². The summed E-state index contributed by atoms with van der Waals surface area (Å²) in [5.41, 5.74) is 0. The van der Waals surface area contributed by atoms with Crippen LogP contribution in [0.2, 0.25) is 29.6 Å². The van der Waals surface area contributed by atoms with Gasteiger partial charge in [-0.25, -0.2) is 0 Å². The van der Waals surface area contributed by atoms with E-state index >= 15 is 0 Å². The maximum atomic E-state index is 6.66. The van der Waals surface area contributed by atoms with E-state index in [1.165, 1.54) is 140 Å². The molecule has 0 bridgehead atoms. The Morgan fingerprint density at radius 1 is 0.410 bits per heavy atom. The van der Waals surface area contributed by atoms with Crippen molar-refractivity contribution >= 4 is 53.9 Å². The van der Waals surface area contributed by atoms with Crippen LogP contribution in [-0.4, -0.2) is 50.0 Å². The van der Waals surface area contributed by atoms with Gasteiger partial charge in [-0.2, -0.15) is 0 Å². The molecule has 0 amide bonds. The summed E-state index contributed by atoms with van der Waals surface area (Å²) in [7, 11) is 0. The topological polar surface area (TPSA) is 18.5 Å². The molecule has 0 atom stereocenters. The summed E-state index contributed by atoms with van der Waals surface area (Å²) in [5, 5.41) is 0. The van der Waals surface area contributed by atoms with Gasteiger partial charge in [-0.15, -0.1) is 0 Å². The van der Waals surface area contributed by atoms with E-state index in [-0.39, 0.29) is 0 Å². The molecule has 0 N–H and O–H groups in total. The monoisotopic (exact) mass is 780 g/mol. The number of hydrogen-bond acceptors (Lipinski definition) is 3. The molecule has 0 saturated carbocycles. The normalized spacial score (nSPS) is 12.3. The zero-order valence-corrected chi connectivity index (χ0v) is 34.3. The minimum Gasteiger partial charge on any atom is -0.0654 e. The summed E-state index contributed by atoms with van der Waals surface area (Å²) in [5.74, 6) is 2.38. The molecule has 0 aliphatic rings. The van der Waals surface area contributed by atoms with E-state index in [9.17, 15) is 0 Å². The Morgan fingerprint density at radius 2 is 0.667 bits per heavy atom. The molecule has 0 aromatic carbocycles. The van der Waals surface area contributed by atoms with Gasteiger partial charge in [0.15, 0.2) is 0 Å². The molecule has 0 aliphatic carbocycles. The van der Waals surface area contributed by atoms with E-state index in [0.29, 0.717) is 0 Å². The molecule has 39 heavy (non-hydrogen) atoms. The molecule has 0 spiro atoms. The number of hydrogen-bond donors (Lipinski definition) is 0. The van der Waals surface area contributed by atoms with Crippen molar-refractivity contribution in [2.45, 2.75) is 172 Å². The second-order valence-corrected chi connectivity index (χ2v) is 45.6. The SMILES string of the molecule is CCCCCCCCCCCCOc1[c]([Sn]([CH3])([CH3])[CH3])s[c]([Sn]([CH3])([CH3])[CH3])c1OCCCCCCCCCCCC. The predicted molar refractivity (Wildman–Crippen MR) is 185 cm³/mol. The molecule has 0 saturated heterocycles. The van der Waals surface area contributed by atoms with E-state index in [2.05, 4.69) is 54.8 Å². The van der Waals surface area contributed by atoms with Gasteiger partial charge < -0.3 is 0 Å². The Hall–Kier alpha value is 0.897. The van der Waals surface area contributed by atoms with Gasteiger partial charge in [0.25, 0.3) is 0 Å². The summed E-state index contributed by atoms with van der Waals surface area (Å²) < 4.78 is 16.5. The number of rotatable bonds is 26. The molecule has 1 aromatic rings. The van der Waals surface area contributed by atoms with E-state index < -0.39 is 36.8 Å². The fourth-order valence-electron chi connectivity index (χ4n) is 5.18. The van der Waals surface area contributed by atoms with E-state index in [1.807, 2.05) is 0 Å². The first kappa shape index (κ1) is 37.9. The van der Waals surface area contributed by atoms with Crippen LogP contribution in [0.15, 0.2) is 0 Å². The molecule has 1 rings (SSSR count). The fourth-order valence-corrected chi connectivity index (χ4v) is 20.9. The van der Waals surface area contributed by atoms with Crippen molar-refractivity contribution < 1.29 is 9.47 Å². The van der Waals surface area contributed by atoms with Crippen LogP contribution in [0.3, 0.4) is 0 Å². The smallest absolute Gasteiger partial charge is 0.0654 e. The van der Waals surface area contributed by atoms with Crippen LogP contribution in [0.5, 0.6) is 11.5 Å². The third-order valence-corrected chi connectivity index (χ3v) is 27.5. The molecule has 5 heteroatoms. The minimum atomic E-state index is -2.32. The van der Waals surface area contributed by atoms with Crippen LogP contribution in [0.4, 0.5) is 0 Å². The van der Waals surface area contributed by atoms with Gasteiger partial charge in [0.1, 0.15) is 0 Å². The summed E-state index contributed by atoms with van der Waals surface area (Å²) >= 11 is -2.53. The standard InChI is InChI=1S/C28H50O2S.6CH3.2Sn/c1-3-5-7-9-11-13-15-17-19-21-23-29-27-25-31-26-28(27)30-24-22-20-18-16-14-12-10-8-6-4-2;;;;;;;;/h3-24H2,1-2H3;6*1H3;;. The zero-order valence-electron chi connectivity index (χ0n) is 27.8. The Bertz CT molecular complexity index is 660. The fraction of sp³-hybridized carbons (Fsp3) is 0.882. The van der Waals surface area contributed by atoms with Crippen molar-refractivity contribution in [3.05, 3.63) is 0 Å². The van der Waals surface area contributed by atoms with Gasteiger partial charge in [0, 0.05) is 0 Å². The van der Waals surface area contributed by atoms with Gasteiger partial charge in [0.2, 0.25) is 0 Å². The van der Waals surface area contributed by atoms with Crippen LogP contribution in [-0.2, 0) is 0 Å². The van der Waals surface area contributed by atoms with Crippen LogP contribution < -0.4 is 15.3 Å². The second kappa shape index (κ2) is 22.4. The van der Waals surface area contributed by atoms with Crippen molar-refractivity contribution in [2.24, 2.45) is 0 Å². The Balaban J connectivity index is 2.56. The average Bonchev–Trinajstić information content (AvgIpc) is 3.25. The summed E-state index contributed by atoms with van der Waals surface area (Å²) in [6, 6.07) is 0. The molecular formula is C34H68O2SSn2. The molecule has 0 aliphatic heterocycles. The van der Waals surface area contributed by atoms with Gasteiger partial charge in [-0.1, -0.05) is 39.5 Å². The Labute approximate surface area is 257 Å². The molecule has 2 nitrogen and oxygen atoms in total. The van der Waals surface area contributed by atoms with Crippen molar-refractivity contribution in [3.63, 3.8) is 0 Å². The first-order valence-electron chi connectivity index (χ1n) is 17.1. The maximum absolute atomic E-state index is 6.66. The number of ether oxygens (including phenoxy) is 2. The quantitative estimate of drug-likeness (QED) is 0.0689. The molecular weight excluding hydrogens is 710 g/mol. The van der Waals surface area contributed by atoms with E-state index in [4.69, 9.17) is 9.47 Å². The van der Waals surface area contributed by atoms with Gasteiger partial charge >= 0.3 is 220 Å². The number of unbranched alkanes of at least 4 members (excludes halogenated alkanes) is 18. The molecule has 1 heterocycles. The minimum absolute atomic E-state index is 0.857. The molecule has 1 aromatic heterocycles. The van der Waals surface area contributed by atoms with Crippen LogP contribution >= 0.6 is 11.3 Å². The van der Waals surface area contributed by atoms with Crippen molar-refractivity contribution in [1.29, 1.82) is 0 Å². The third kappa shape index (κ3) is 17.6. The summed E-state index contributed by atoms with van der Waals surface area (Å²) in [6.07, 6.45) is 27.4. The first-order valence-corrected chi connectivity index (χ1v) is 37.9. The van der Waals surface area contributed by atoms with Gasteiger partial charge in [-0.3, -0.25) is 0 Å². The molecule has 0 unspecified atom stereocenters. The van der Waals surface area contributed by atoms with E-state index in [0.717, 1.165) is 13.2 Å². The summed E-state index contributed by atoms with van der Waals surface area (Å²) in [4.78, 5) is 15.3. The van der Waals surface area contributed by atoms with Gasteiger partial charge in [0.05, 0.1) is 0 Å². The predicted octanol–water partition coefficient (Wildman–Crippen LogP) is 11.4. The zero-order chi connectivity index (χ0) is 29.0. The van der Waals surface area contributed by atoms with Crippen LogP contribution in [0.1, 0.15) is 142 Å². The van der Waals surface area contributed by atoms with Crippen molar-refractivity contribution in [3.8, 4) is 11.5 Å².